The molecule has 0 N–H and O–H groups in total. The first-order valence-corrected chi connectivity index (χ1v) is 23.7. The highest BCUT2D eigenvalue weighted by atomic mass is 31.1. The smallest absolute Gasteiger partial charge is 0.387 e. The molecule has 10 aromatic carbocycles. The standard InChI is InChI=1S/C58H51O7P/c1-33(2)13-12-14-34(3)27-28-63-66-64-57-43(29-49(61-6)45-31-47(59-4)41-25-23-37-21-19-35-15-8-10-17-39(35)51(37)53(41)55(45)57)44-30-50(62-7)46-32-48(60-5)42-26-24-38-22-20-36-16-9-11-18-40(36)52(38)54(42)56(46)58(44)65-66/h8-11,15-26,29-32,34H,1,12-14,27-28H2,2-7H3/t34-/m0/s1. The molecule has 0 aliphatic rings. The van der Waals surface area contributed by atoms with Crippen molar-refractivity contribution in [1.29, 1.82) is 0 Å². The van der Waals surface area contributed by atoms with Gasteiger partial charge >= 0.3 is 8.24 Å². The van der Waals surface area contributed by atoms with Crippen molar-refractivity contribution < 1.29 is 31.9 Å². The van der Waals surface area contributed by atoms with Crippen molar-refractivity contribution in [2.75, 3.05) is 35.0 Å². The lowest BCUT2D eigenvalue weighted by molar-refractivity contribution is 0.323. The zero-order valence-electron chi connectivity index (χ0n) is 38.2. The number of ether oxygens (including phenoxy) is 4. The Morgan fingerprint density at radius 2 is 0.909 bits per heavy atom. The van der Waals surface area contributed by atoms with E-state index < -0.39 is 8.24 Å². The zero-order valence-corrected chi connectivity index (χ0v) is 39.1. The average Bonchev–Trinajstić information content (AvgIpc) is 3.50. The van der Waals surface area contributed by atoms with Crippen LogP contribution in [0.3, 0.4) is 0 Å². The van der Waals surface area contributed by atoms with Gasteiger partial charge < -0.3 is 27.3 Å². The summed E-state index contributed by atoms with van der Waals surface area (Å²) in [5.41, 5.74) is 2.50. The quantitative estimate of drug-likeness (QED) is 0.0893. The molecule has 0 spiro atoms. The molecule has 330 valence electrons. The molecule has 0 saturated heterocycles. The molecule has 1 atom stereocenters. The van der Waals surface area contributed by atoms with Crippen molar-refractivity contribution in [2.24, 2.45) is 5.92 Å². The maximum atomic E-state index is 7.37. The van der Waals surface area contributed by atoms with E-state index in [9.17, 15) is 0 Å². The summed E-state index contributed by atoms with van der Waals surface area (Å²) < 4.78 is 46.8. The summed E-state index contributed by atoms with van der Waals surface area (Å²) in [6.07, 6.45) is 4.05. The minimum Gasteiger partial charge on any atom is -0.496 e. The van der Waals surface area contributed by atoms with E-state index in [4.69, 9.17) is 31.9 Å². The highest BCUT2D eigenvalue weighted by molar-refractivity contribution is 7.31. The Balaban J connectivity index is 1.36. The number of fused-ring (bicyclic) bond motifs is 19. The van der Waals surface area contributed by atoms with E-state index in [-0.39, 0.29) is 0 Å². The largest absolute Gasteiger partial charge is 0.496 e. The summed E-state index contributed by atoms with van der Waals surface area (Å²) in [6, 6.07) is 42.8. The summed E-state index contributed by atoms with van der Waals surface area (Å²) in [5.74, 6) is 3.25. The first kappa shape index (κ1) is 41.8. The van der Waals surface area contributed by atoms with E-state index in [0.29, 0.717) is 35.2 Å². The molecule has 1 aromatic heterocycles. The second-order valence-electron chi connectivity index (χ2n) is 17.6. The van der Waals surface area contributed by atoms with Crippen molar-refractivity contribution >= 4 is 116 Å². The van der Waals surface area contributed by atoms with Gasteiger partial charge in [-0.1, -0.05) is 104 Å². The Morgan fingerprint density at radius 3 is 1.38 bits per heavy atom. The van der Waals surface area contributed by atoms with Gasteiger partial charge in [0.1, 0.15) is 23.0 Å². The van der Waals surface area contributed by atoms with Crippen molar-refractivity contribution in [3.63, 3.8) is 0 Å². The molecule has 11 rings (SSSR count). The fourth-order valence-corrected chi connectivity index (χ4v) is 11.4. The molecular weight excluding hydrogens is 840 g/mol. The van der Waals surface area contributed by atoms with Crippen molar-refractivity contribution in [3.05, 3.63) is 133 Å². The molecule has 66 heavy (non-hydrogen) atoms. The summed E-state index contributed by atoms with van der Waals surface area (Å²) in [6.45, 7) is 8.96. The maximum absolute atomic E-state index is 7.37. The normalized spacial score (nSPS) is 12.5. The molecule has 0 aliphatic heterocycles. The predicted molar refractivity (Wildman–Crippen MR) is 276 cm³/mol. The molecule has 0 fully saturated rings. The molecule has 0 saturated carbocycles. The lowest BCUT2D eigenvalue weighted by Gasteiger charge is -2.17. The molecular formula is C58H51O7P. The minimum absolute atomic E-state index is 0.438. The van der Waals surface area contributed by atoms with Gasteiger partial charge in [0.2, 0.25) is 0 Å². The Bertz CT molecular complexity index is 3600. The molecule has 0 radical (unpaired) electrons. The average molecular weight is 891 g/mol. The third-order valence-corrected chi connectivity index (χ3v) is 14.6. The first-order valence-electron chi connectivity index (χ1n) is 22.7. The van der Waals surface area contributed by atoms with Crippen LogP contribution in [0.25, 0.3) is 108 Å². The van der Waals surface area contributed by atoms with Gasteiger partial charge in [-0.05, 0) is 112 Å². The van der Waals surface area contributed by atoms with Crippen LogP contribution in [0.15, 0.2) is 142 Å². The van der Waals surface area contributed by atoms with Crippen LogP contribution in [-0.2, 0) is 0 Å². The van der Waals surface area contributed by atoms with Crippen LogP contribution >= 0.6 is 8.24 Å². The molecule has 0 amide bonds. The van der Waals surface area contributed by atoms with Gasteiger partial charge in [-0.3, -0.25) is 4.52 Å². The Kier molecular flexibility index (Phi) is 10.6. The molecule has 0 bridgehead atoms. The topological polar surface area (TPSA) is 72.4 Å². The molecule has 1 heterocycles. The van der Waals surface area contributed by atoms with Crippen LogP contribution in [0.4, 0.5) is 0 Å². The van der Waals surface area contributed by atoms with Crippen molar-refractivity contribution in [1.82, 2.24) is 0 Å². The van der Waals surface area contributed by atoms with E-state index in [2.05, 4.69) is 142 Å². The zero-order chi connectivity index (χ0) is 45.2. The Labute approximate surface area is 383 Å². The fraction of sp³-hybridized carbons (Fsp3) is 0.207. The third kappa shape index (κ3) is 6.75. The number of hydrogen-bond acceptors (Lipinski definition) is 7. The minimum atomic E-state index is -2.05. The lowest BCUT2D eigenvalue weighted by atomic mass is 9.90. The van der Waals surface area contributed by atoms with E-state index in [0.717, 1.165) is 134 Å². The number of hydrogen-bond donors (Lipinski definition) is 0. The van der Waals surface area contributed by atoms with Crippen LogP contribution in [0.1, 0.15) is 39.5 Å². The Morgan fingerprint density at radius 1 is 0.485 bits per heavy atom. The highest BCUT2D eigenvalue weighted by Crippen LogP contribution is 2.52. The predicted octanol–water partition coefficient (Wildman–Crippen LogP) is 16.8. The van der Waals surface area contributed by atoms with Crippen LogP contribution in [0.2, 0.25) is 0 Å². The van der Waals surface area contributed by atoms with E-state index in [1.165, 1.54) is 5.57 Å². The number of allylic oxidation sites excluding steroid dienone is 1. The second kappa shape index (κ2) is 16.8. The van der Waals surface area contributed by atoms with Crippen molar-refractivity contribution in [3.8, 4) is 23.0 Å². The van der Waals surface area contributed by atoms with Gasteiger partial charge in [-0.25, -0.2) is 0 Å². The monoisotopic (exact) mass is 890 g/mol. The molecule has 0 aliphatic carbocycles. The molecule has 8 heteroatoms. The van der Waals surface area contributed by atoms with Gasteiger partial charge in [-0.2, -0.15) is 0 Å². The number of rotatable bonds is 12. The maximum Gasteiger partial charge on any atom is 0.387 e. The molecule has 11 aromatic rings. The van der Waals surface area contributed by atoms with Crippen LogP contribution in [-0.4, -0.2) is 35.0 Å². The van der Waals surface area contributed by atoms with Gasteiger partial charge in [0.15, 0.2) is 11.2 Å². The van der Waals surface area contributed by atoms with E-state index in [1.54, 1.807) is 28.4 Å². The number of methoxy groups -OCH3 is 4. The molecule has 7 nitrogen and oxygen atoms in total. The van der Waals surface area contributed by atoms with E-state index in [1.807, 2.05) is 0 Å². The first-order chi connectivity index (χ1) is 32.3. The van der Waals surface area contributed by atoms with E-state index >= 15 is 0 Å². The van der Waals surface area contributed by atoms with Crippen molar-refractivity contribution in [2.45, 2.75) is 39.5 Å². The summed E-state index contributed by atoms with van der Waals surface area (Å²) in [4.78, 5) is 0. The van der Waals surface area contributed by atoms with Crippen LogP contribution < -0.4 is 23.5 Å². The van der Waals surface area contributed by atoms with Gasteiger partial charge in [-0.15, -0.1) is 6.58 Å². The summed E-state index contributed by atoms with van der Waals surface area (Å²) >= 11 is 0. The van der Waals surface area contributed by atoms with Crippen LogP contribution in [0, 0.1) is 5.92 Å². The van der Waals surface area contributed by atoms with Gasteiger partial charge in [0, 0.05) is 53.9 Å². The second-order valence-corrected chi connectivity index (χ2v) is 18.7. The van der Waals surface area contributed by atoms with Gasteiger partial charge in [0.05, 0.1) is 35.0 Å². The number of benzene rings is 10. The third-order valence-electron chi connectivity index (χ3n) is 13.6. The summed E-state index contributed by atoms with van der Waals surface area (Å²) in [5, 5.41) is 17.9. The SMILES string of the molecule is C=C(C)CCC[C@H](C)CCOp1oc2c(cc(OC)c3cc(OC)c4ccc5ccc6ccccc6c5c4c32)c2cc(OC)c3cc(OC)c4ccc5ccc6ccccc6c5c4c3c2o1. The van der Waals surface area contributed by atoms with Gasteiger partial charge in [0.25, 0.3) is 0 Å². The Hall–Kier alpha value is -6.92. The highest BCUT2D eigenvalue weighted by Gasteiger charge is 2.25. The fourth-order valence-electron chi connectivity index (χ4n) is 10.3. The lowest BCUT2D eigenvalue weighted by Crippen LogP contribution is -2.03. The van der Waals surface area contributed by atoms with Crippen LogP contribution in [0.5, 0.6) is 23.0 Å². The molecule has 0 unspecified atom stereocenters. The summed E-state index contributed by atoms with van der Waals surface area (Å²) in [7, 11) is 4.84.